The van der Waals surface area contributed by atoms with Crippen LogP contribution in [0, 0.1) is 12.3 Å². The number of halogens is 6. The molecular weight excluding hydrogens is 564 g/mol. The minimum Gasteiger partial charge on any atom is -0.396 e. The van der Waals surface area contributed by atoms with E-state index < -0.39 is 41.6 Å². The van der Waals surface area contributed by atoms with E-state index in [4.69, 9.17) is 0 Å². The van der Waals surface area contributed by atoms with Crippen molar-refractivity contribution in [3.63, 3.8) is 0 Å². The van der Waals surface area contributed by atoms with E-state index in [1.807, 2.05) is 31.2 Å². The van der Waals surface area contributed by atoms with Crippen LogP contribution in [-0.2, 0) is 12.4 Å². The SMILES string of the molecule is Cc1ccccc1C1C2CC(CCO)(CCO)CN2CCN1C(=O)N(C)[C@H](C)c1cc(C(F)(F)F)cc(C(F)(F)F)c1. The lowest BCUT2D eigenvalue weighted by atomic mass is 9.77. The molecule has 2 aromatic rings. The number of benzene rings is 2. The molecule has 2 unspecified atom stereocenters. The van der Waals surface area contributed by atoms with E-state index in [0.29, 0.717) is 44.5 Å². The minimum absolute atomic E-state index is 0.0462. The molecule has 3 atom stereocenters. The normalized spacial score (nSPS) is 21.7. The second-order valence-electron chi connectivity index (χ2n) is 11.6. The number of alkyl halides is 6. The van der Waals surface area contributed by atoms with Crippen molar-refractivity contribution in [1.29, 1.82) is 0 Å². The monoisotopic (exact) mass is 601 g/mol. The number of amides is 2. The Morgan fingerprint density at radius 2 is 1.57 bits per heavy atom. The third-order valence-corrected chi connectivity index (χ3v) is 8.99. The summed E-state index contributed by atoms with van der Waals surface area (Å²) >= 11 is 0. The van der Waals surface area contributed by atoms with E-state index in [0.717, 1.165) is 11.1 Å². The van der Waals surface area contributed by atoms with Gasteiger partial charge in [0.05, 0.1) is 23.2 Å². The van der Waals surface area contributed by atoms with Crippen molar-refractivity contribution < 1.29 is 41.4 Å². The average Bonchev–Trinajstić information content (AvgIpc) is 3.29. The number of hydrogen-bond donors (Lipinski definition) is 2. The Labute approximate surface area is 241 Å². The summed E-state index contributed by atoms with van der Waals surface area (Å²) in [6.07, 6.45) is -8.41. The van der Waals surface area contributed by atoms with Gasteiger partial charge in [-0.25, -0.2) is 4.79 Å². The second-order valence-corrected chi connectivity index (χ2v) is 11.6. The van der Waals surface area contributed by atoms with Crippen LogP contribution in [0.4, 0.5) is 31.1 Å². The minimum atomic E-state index is -5.00. The van der Waals surface area contributed by atoms with Crippen LogP contribution in [-0.4, -0.2) is 76.9 Å². The Balaban J connectivity index is 1.71. The number of aliphatic hydroxyl groups is 2. The van der Waals surface area contributed by atoms with Crippen LogP contribution >= 0.6 is 0 Å². The predicted molar refractivity (Wildman–Crippen MR) is 144 cm³/mol. The number of urea groups is 1. The summed E-state index contributed by atoms with van der Waals surface area (Å²) in [5, 5.41) is 19.6. The molecule has 2 aliphatic rings. The van der Waals surface area contributed by atoms with Gasteiger partial charge in [0.25, 0.3) is 0 Å². The van der Waals surface area contributed by atoms with Crippen molar-refractivity contribution in [1.82, 2.24) is 14.7 Å². The maximum Gasteiger partial charge on any atom is 0.416 e. The van der Waals surface area contributed by atoms with E-state index >= 15 is 0 Å². The van der Waals surface area contributed by atoms with Gasteiger partial charge in [0, 0.05) is 45.9 Å². The third kappa shape index (κ3) is 6.40. The lowest BCUT2D eigenvalue weighted by molar-refractivity contribution is -0.143. The van der Waals surface area contributed by atoms with Gasteiger partial charge in [-0.15, -0.1) is 0 Å². The summed E-state index contributed by atoms with van der Waals surface area (Å²) in [5.74, 6) is 0. The maximum atomic E-state index is 14.1. The van der Waals surface area contributed by atoms with Crippen LogP contribution in [0.25, 0.3) is 0 Å². The number of carbonyl (C=O) groups is 1. The van der Waals surface area contributed by atoms with Gasteiger partial charge in [-0.3, -0.25) is 4.90 Å². The summed E-state index contributed by atoms with van der Waals surface area (Å²) < 4.78 is 81.2. The molecule has 0 aromatic heterocycles. The molecule has 2 aromatic carbocycles. The molecule has 4 rings (SSSR count). The molecule has 232 valence electrons. The zero-order chi connectivity index (χ0) is 31.0. The van der Waals surface area contributed by atoms with Crippen LogP contribution < -0.4 is 0 Å². The third-order valence-electron chi connectivity index (χ3n) is 8.99. The van der Waals surface area contributed by atoms with E-state index in [1.54, 1.807) is 4.90 Å². The predicted octanol–water partition coefficient (Wildman–Crippen LogP) is 6.03. The highest BCUT2D eigenvalue weighted by Gasteiger charge is 2.51. The van der Waals surface area contributed by atoms with Crippen LogP contribution in [0.5, 0.6) is 0 Å². The van der Waals surface area contributed by atoms with E-state index in [2.05, 4.69) is 4.90 Å². The van der Waals surface area contributed by atoms with Crippen molar-refractivity contribution in [2.45, 2.75) is 63.6 Å². The smallest absolute Gasteiger partial charge is 0.396 e. The molecule has 42 heavy (non-hydrogen) atoms. The number of aryl methyl sites for hydroxylation is 1. The Morgan fingerprint density at radius 3 is 2.10 bits per heavy atom. The van der Waals surface area contributed by atoms with Gasteiger partial charge in [-0.05, 0) is 73.4 Å². The summed E-state index contributed by atoms with van der Waals surface area (Å²) in [5.41, 5.74) is -1.65. The first kappa shape index (κ1) is 32.1. The van der Waals surface area contributed by atoms with Crippen molar-refractivity contribution in [3.05, 3.63) is 70.3 Å². The Kier molecular flexibility index (Phi) is 9.20. The molecule has 0 bridgehead atoms. The van der Waals surface area contributed by atoms with E-state index in [-0.39, 0.29) is 42.8 Å². The van der Waals surface area contributed by atoms with Crippen molar-refractivity contribution in [2.75, 3.05) is 39.9 Å². The first-order valence-electron chi connectivity index (χ1n) is 14.0. The van der Waals surface area contributed by atoms with Gasteiger partial charge in [-0.2, -0.15) is 26.3 Å². The first-order chi connectivity index (χ1) is 19.6. The molecule has 6 nitrogen and oxygen atoms in total. The van der Waals surface area contributed by atoms with Crippen LogP contribution in [0.1, 0.15) is 66.1 Å². The molecule has 0 saturated carbocycles. The number of fused-ring (bicyclic) bond motifs is 1. The molecule has 0 spiro atoms. The van der Waals surface area contributed by atoms with Crippen LogP contribution in [0.15, 0.2) is 42.5 Å². The molecule has 0 aliphatic carbocycles. The number of aliphatic hydroxyl groups excluding tert-OH is 2. The summed E-state index contributed by atoms with van der Waals surface area (Å²) in [4.78, 5) is 19.2. The fraction of sp³-hybridized carbons (Fsp3) is 0.567. The number of carbonyl (C=O) groups excluding carboxylic acids is 1. The van der Waals surface area contributed by atoms with Gasteiger partial charge < -0.3 is 20.0 Å². The van der Waals surface area contributed by atoms with Gasteiger partial charge in [0.1, 0.15) is 0 Å². The lowest BCUT2D eigenvalue weighted by Gasteiger charge is -2.47. The standard InChI is InChI=1S/C30H37F6N3O3/c1-19-6-4-5-7-24(19)26-25-17-28(8-12-40,9-13-41)18-38(25)10-11-39(26)27(42)37(3)20(2)21-14-22(29(31,32)33)16-23(15-21)30(34,35)36/h4-7,14-16,20,25-26,40-41H,8-13,17-18H2,1-3H3/t20-,25?,26?/m1/s1. The molecule has 2 fully saturated rings. The zero-order valence-electron chi connectivity index (χ0n) is 23.8. The summed E-state index contributed by atoms with van der Waals surface area (Å²) in [6.45, 7) is 4.67. The van der Waals surface area contributed by atoms with E-state index in [1.165, 1.54) is 18.9 Å². The van der Waals surface area contributed by atoms with Crippen molar-refractivity contribution in [3.8, 4) is 0 Å². The molecule has 12 heteroatoms. The highest BCUT2D eigenvalue weighted by atomic mass is 19.4. The first-order valence-corrected chi connectivity index (χ1v) is 14.0. The molecular formula is C30H37F6N3O3. The Bertz CT molecular complexity index is 1230. The number of piperazine rings is 1. The number of rotatable bonds is 7. The quantitative estimate of drug-likeness (QED) is 0.381. The summed E-state index contributed by atoms with van der Waals surface area (Å²) in [6, 6.07) is 6.78. The zero-order valence-corrected chi connectivity index (χ0v) is 23.8. The Hall–Kier alpha value is -2.83. The lowest BCUT2D eigenvalue weighted by Crippen LogP contribution is -2.56. The van der Waals surface area contributed by atoms with E-state index in [9.17, 15) is 41.4 Å². The van der Waals surface area contributed by atoms with Gasteiger partial charge in [0.15, 0.2) is 0 Å². The van der Waals surface area contributed by atoms with Crippen LogP contribution in [0.2, 0.25) is 0 Å². The Morgan fingerprint density at radius 1 is 1.00 bits per heavy atom. The molecule has 2 amide bonds. The fourth-order valence-corrected chi connectivity index (χ4v) is 6.61. The molecule has 2 aliphatic heterocycles. The van der Waals surface area contributed by atoms with Crippen LogP contribution in [0.3, 0.4) is 0 Å². The van der Waals surface area contributed by atoms with Crippen molar-refractivity contribution >= 4 is 6.03 Å². The highest BCUT2D eigenvalue weighted by Crippen LogP contribution is 2.48. The highest BCUT2D eigenvalue weighted by molar-refractivity contribution is 5.76. The molecule has 2 saturated heterocycles. The van der Waals surface area contributed by atoms with Gasteiger partial charge in [-0.1, -0.05) is 24.3 Å². The summed E-state index contributed by atoms with van der Waals surface area (Å²) in [7, 11) is 1.39. The maximum absolute atomic E-state index is 14.1. The number of nitrogens with zero attached hydrogens (tertiary/aromatic N) is 3. The molecule has 2 heterocycles. The van der Waals surface area contributed by atoms with Gasteiger partial charge >= 0.3 is 18.4 Å². The molecule has 2 N–H and O–H groups in total. The fourth-order valence-electron chi connectivity index (χ4n) is 6.61. The van der Waals surface area contributed by atoms with Crippen molar-refractivity contribution in [2.24, 2.45) is 5.41 Å². The van der Waals surface area contributed by atoms with Gasteiger partial charge in [0.2, 0.25) is 0 Å². The largest absolute Gasteiger partial charge is 0.416 e. The average molecular weight is 602 g/mol. The molecule has 0 radical (unpaired) electrons. The topological polar surface area (TPSA) is 67.2 Å². The number of hydrogen-bond acceptors (Lipinski definition) is 4. The second kappa shape index (κ2) is 12.0.